The van der Waals surface area contributed by atoms with Gasteiger partial charge in [-0.3, -0.25) is 24.3 Å². The molecule has 22 nitrogen and oxygen atoms in total. The van der Waals surface area contributed by atoms with Crippen LogP contribution in [0.3, 0.4) is 0 Å². The van der Waals surface area contributed by atoms with Gasteiger partial charge in [0.2, 0.25) is 30.1 Å². The molecule has 6 fully saturated rings. The molecular weight excluding hydrogens is 1160 g/mol. The minimum absolute atomic E-state index is 0.156. The molecule has 9 heterocycles. The van der Waals surface area contributed by atoms with Crippen LogP contribution in [-0.2, 0) is 63.7 Å². The van der Waals surface area contributed by atoms with Gasteiger partial charge in [-0.25, -0.2) is 30.0 Å². The summed E-state index contributed by atoms with van der Waals surface area (Å²) in [7, 11) is -4.27. The van der Waals surface area contributed by atoms with Crippen LogP contribution in [0, 0.1) is 17.8 Å². The molecule has 4 N–H and O–H groups in total. The number of carboxylic acid groups (broad SMARTS) is 3. The smallest absolute Gasteiger partial charge is 0.336 e. The van der Waals surface area contributed by atoms with Gasteiger partial charge in [-0.2, -0.15) is 12.9 Å². The number of benzene rings is 3. The van der Waals surface area contributed by atoms with Gasteiger partial charge in [0.15, 0.2) is 5.60 Å². The van der Waals surface area contributed by atoms with Gasteiger partial charge in [0.1, 0.15) is 17.2 Å². The maximum atomic E-state index is 12.2. The lowest BCUT2D eigenvalue weighted by Crippen LogP contribution is -2.57. The molecular formula is C60H86N6O16S3. The number of carboxylic acids is 3. The Morgan fingerprint density at radius 1 is 0.482 bits per heavy atom. The molecule has 470 valence electrons. The summed E-state index contributed by atoms with van der Waals surface area (Å²) in [6, 6.07) is 20.5. The highest BCUT2D eigenvalue weighted by Crippen LogP contribution is 2.47. The van der Waals surface area contributed by atoms with Crippen LogP contribution in [0.5, 0.6) is 17.2 Å². The number of carbonyl (C=O) groups is 3. The van der Waals surface area contributed by atoms with Crippen LogP contribution in [0.1, 0.15) is 122 Å². The third-order valence-corrected chi connectivity index (χ3v) is 23.3. The molecule has 9 aliphatic heterocycles. The minimum atomic E-state index is -3.13. The average Bonchev–Trinajstić information content (AvgIpc) is 2.42. The van der Waals surface area contributed by atoms with E-state index >= 15 is 0 Å². The third kappa shape index (κ3) is 14.6. The van der Waals surface area contributed by atoms with Crippen LogP contribution in [-0.4, -0.2) is 214 Å². The zero-order chi connectivity index (χ0) is 61.3. The maximum Gasteiger partial charge on any atom is 0.336 e. The van der Waals surface area contributed by atoms with Crippen LogP contribution in [0.4, 0.5) is 0 Å². The number of fused-ring (bicyclic) bond motifs is 12. The molecule has 3 aromatic carbocycles. The van der Waals surface area contributed by atoms with E-state index in [2.05, 4.69) is 51.1 Å². The second-order valence-corrected chi connectivity index (χ2v) is 30.5. The number of hydrogen-bond acceptors (Lipinski definition) is 16. The van der Waals surface area contributed by atoms with E-state index in [0.717, 1.165) is 134 Å². The molecule has 0 saturated carbocycles. The Labute approximate surface area is 501 Å². The first-order valence-corrected chi connectivity index (χ1v) is 35.3. The highest BCUT2D eigenvalue weighted by Gasteiger charge is 2.48. The number of nitrogens with zero attached hydrogens (tertiary/aromatic N) is 6. The van der Waals surface area contributed by atoms with Crippen LogP contribution < -0.4 is 14.2 Å². The molecule has 12 rings (SSSR count). The molecule has 0 aromatic heterocycles. The van der Waals surface area contributed by atoms with E-state index in [-0.39, 0.29) is 18.1 Å². The molecule has 0 spiro atoms. The lowest BCUT2D eigenvalue weighted by atomic mass is 9.77. The van der Waals surface area contributed by atoms with E-state index < -0.39 is 66.4 Å². The Hall–Kier alpha value is -4.96. The summed E-state index contributed by atoms with van der Waals surface area (Å²) in [5, 5.41) is 33.8. The first-order chi connectivity index (χ1) is 40.2. The summed E-state index contributed by atoms with van der Waals surface area (Å²) in [5.41, 5.74) is 5.42. The fourth-order valence-corrected chi connectivity index (χ4v) is 19.1. The lowest BCUT2D eigenvalue weighted by molar-refractivity contribution is -0.170. The summed E-state index contributed by atoms with van der Waals surface area (Å²) in [6.07, 6.45) is 14.1. The largest absolute Gasteiger partial charge is 0.497 e. The van der Waals surface area contributed by atoms with E-state index in [1.54, 1.807) is 34.2 Å². The van der Waals surface area contributed by atoms with Crippen molar-refractivity contribution in [2.45, 2.75) is 132 Å². The standard InChI is InChI=1S/3C18H26N2O3S.C6H8O7/c3*1-23-15-5-6-16-13(10-15)7-9-19-12-14-4-3-8-20(24(2,21)22)17(14)11-18(16)19;7-3(8)1-6(13,5(11)12)2-4(9)10/h3*5-6,10,14,17-18H,3-4,7-9,11-12H2,1-2H3;13H,1-2H2,(H,7,8)(H,9,10)(H,11,12)/t3*14-,17+,18+;/m111./s1. The van der Waals surface area contributed by atoms with Gasteiger partial charge in [-0.1, -0.05) is 18.2 Å². The van der Waals surface area contributed by atoms with E-state index in [1.807, 2.05) is 18.2 Å². The van der Waals surface area contributed by atoms with E-state index in [4.69, 9.17) is 34.6 Å². The van der Waals surface area contributed by atoms with Crippen LogP contribution in [0.25, 0.3) is 0 Å². The highest BCUT2D eigenvalue weighted by molar-refractivity contribution is 7.88. The van der Waals surface area contributed by atoms with E-state index in [1.165, 1.54) is 52.1 Å². The Morgan fingerprint density at radius 3 is 1.00 bits per heavy atom. The second kappa shape index (κ2) is 26.4. The predicted molar refractivity (Wildman–Crippen MR) is 318 cm³/mol. The van der Waals surface area contributed by atoms with Gasteiger partial charge in [0, 0.05) is 95.2 Å². The Balaban J connectivity index is 0.000000139. The first kappa shape index (κ1) is 64.5. The van der Waals surface area contributed by atoms with E-state index in [0.29, 0.717) is 55.5 Å². The summed E-state index contributed by atoms with van der Waals surface area (Å²) in [4.78, 5) is 38.2. The zero-order valence-corrected chi connectivity index (χ0v) is 52.2. The zero-order valence-electron chi connectivity index (χ0n) is 49.8. The molecule has 6 saturated heterocycles. The molecule has 3 aromatic rings. The average molecular weight is 1240 g/mol. The predicted octanol–water partition coefficient (Wildman–Crippen LogP) is 4.87. The second-order valence-electron chi connectivity index (χ2n) is 24.7. The number of aliphatic carboxylic acids is 3. The molecule has 0 radical (unpaired) electrons. The van der Waals surface area contributed by atoms with Gasteiger partial charge in [-0.15, -0.1) is 0 Å². The molecule has 85 heavy (non-hydrogen) atoms. The molecule has 0 unspecified atom stereocenters. The molecule has 0 amide bonds. The van der Waals surface area contributed by atoms with Crippen molar-refractivity contribution in [3.63, 3.8) is 0 Å². The molecule has 9 atom stereocenters. The van der Waals surface area contributed by atoms with Crippen molar-refractivity contribution < 1.29 is 74.3 Å². The van der Waals surface area contributed by atoms with Crippen LogP contribution >= 0.6 is 0 Å². The summed E-state index contributed by atoms with van der Waals surface area (Å²) < 4.78 is 94.8. The number of rotatable bonds is 11. The Bertz CT molecular complexity index is 2960. The molecule has 9 aliphatic rings. The van der Waals surface area contributed by atoms with Crippen LogP contribution in [0.15, 0.2) is 54.6 Å². The van der Waals surface area contributed by atoms with Crippen molar-refractivity contribution in [2.24, 2.45) is 17.8 Å². The molecule has 0 bridgehead atoms. The third-order valence-electron chi connectivity index (χ3n) is 19.4. The first-order valence-electron chi connectivity index (χ1n) is 29.7. The highest BCUT2D eigenvalue weighted by atomic mass is 32.2. The normalized spacial score (nSPS) is 27.9. The number of hydrogen-bond donors (Lipinski definition) is 4. The van der Waals surface area contributed by atoms with Gasteiger partial charge in [0.25, 0.3) is 0 Å². The monoisotopic (exact) mass is 1240 g/mol. The van der Waals surface area contributed by atoms with Crippen molar-refractivity contribution in [3.8, 4) is 17.2 Å². The number of aliphatic hydroxyl groups is 1. The summed E-state index contributed by atoms with van der Waals surface area (Å²) >= 11 is 0. The van der Waals surface area contributed by atoms with E-state index in [9.17, 15) is 39.6 Å². The fraction of sp³-hybridized carbons (Fsp3) is 0.650. The lowest BCUT2D eigenvalue weighted by Gasteiger charge is -2.51. The van der Waals surface area contributed by atoms with Crippen molar-refractivity contribution in [2.75, 3.05) is 99.0 Å². The van der Waals surface area contributed by atoms with Gasteiger partial charge < -0.3 is 34.6 Å². The van der Waals surface area contributed by atoms with Crippen LogP contribution in [0.2, 0.25) is 0 Å². The summed E-state index contributed by atoms with van der Waals surface area (Å²) in [6.45, 7) is 8.30. The van der Waals surface area contributed by atoms with Gasteiger partial charge in [-0.05, 0) is 165 Å². The Kier molecular flexibility index (Phi) is 20.0. The SMILES string of the molecule is COc1ccc2c(c1)CCN1C[C@H]3CCCN(S(C)(=O)=O)[C@H]3C[C@@H]21.COc1ccc2c(c1)CCN1C[C@H]3CCCN(S(C)(=O)=O)[C@H]3C[C@@H]21.COc1ccc2c(c1)CCN1C[C@H]3CCCN(S(C)(=O)=O)[C@H]3C[C@@H]21.O=C(O)CC(O)(CC(=O)O)C(=O)O. The number of sulfonamides is 3. The minimum Gasteiger partial charge on any atom is -0.497 e. The topological polar surface area (TPSA) is 282 Å². The molecule has 25 heteroatoms. The number of piperidine rings is 6. The number of ether oxygens (including phenoxy) is 3. The quantitative estimate of drug-likeness (QED) is 0.199. The van der Waals surface area contributed by atoms with Crippen molar-refractivity contribution >= 4 is 48.0 Å². The fourth-order valence-electron chi connectivity index (χ4n) is 15.5. The van der Waals surface area contributed by atoms with Crippen molar-refractivity contribution in [1.29, 1.82) is 0 Å². The Morgan fingerprint density at radius 2 is 0.765 bits per heavy atom. The van der Waals surface area contributed by atoms with Crippen molar-refractivity contribution in [3.05, 3.63) is 88.0 Å². The van der Waals surface area contributed by atoms with Gasteiger partial charge in [0.05, 0.1) is 52.9 Å². The molecule has 0 aliphatic carbocycles. The number of methoxy groups -OCH3 is 3. The van der Waals surface area contributed by atoms with Gasteiger partial charge >= 0.3 is 17.9 Å². The van der Waals surface area contributed by atoms with Crippen molar-refractivity contribution in [1.82, 2.24) is 27.6 Å². The maximum absolute atomic E-state index is 12.2. The summed E-state index contributed by atoms with van der Waals surface area (Å²) in [5.74, 6) is -0.864.